The second-order valence-electron chi connectivity index (χ2n) is 4.91. The van der Waals surface area contributed by atoms with Crippen molar-refractivity contribution in [1.82, 2.24) is 5.32 Å². The van der Waals surface area contributed by atoms with E-state index < -0.39 is 5.97 Å². The Morgan fingerprint density at radius 3 is 2.83 bits per heavy atom. The number of aryl methyl sites for hydroxylation is 1. The Labute approximate surface area is 107 Å². The highest BCUT2D eigenvalue weighted by Gasteiger charge is 2.13. The molecule has 0 unspecified atom stereocenters. The Morgan fingerprint density at radius 2 is 2.17 bits per heavy atom. The van der Waals surface area contributed by atoms with Crippen LogP contribution in [0.2, 0.25) is 0 Å². The minimum atomic E-state index is -0.875. The van der Waals surface area contributed by atoms with Crippen LogP contribution in [0.5, 0.6) is 0 Å². The number of carboxylic acids is 1. The molecule has 1 saturated heterocycles. The number of benzene rings is 1. The molecule has 1 aromatic rings. The van der Waals surface area contributed by atoms with Crippen LogP contribution >= 0.6 is 0 Å². The number of rotatable bonds is 4. The summed E-state index contributed by atoms with van der Waals surface area (Å²) in [5.41, 5.74) is 2.37. The lowest BCUT2D eigenvalue weighted by molar-refractivity contribution is 0.0697. The zero-order chi connectivity index (χ0) is 13.0. The number of aromatic carboxylic acids is 1. The maximum Gasteiger partial charge on any atom is 0.335 e. The van der Waals surface area contributed by atoms with Crippen LogP contribution in [0.4, 0.5) is 5.69 Å². The molecule has 2 rings (SSSR count). The Morgan fingerprint density at radius 1 is 1.44 bits per heavy atom. The zero-order valence-electron chi connectivity index (χ0n) is 10.7. The van der Waals surface area contributed by atoms with Crippen molar-refractivity contribution in [1.29, 1.82) is 0 Å². The summed E-state index contributed by atoms with van der Waals surface area (Å²) in [5, 5.41) is 15.7. The van der Waals surface area contributed by atoms with Crippen molar-refractivity contribution in [2.75, 3.05) is 25.0 Å². The van der Waals surface area contributed by atoms with Crippen LogP contribution in [-0.4, -0.2) is 30.7 Å². The van der Waals surface area contributed by atoms with Crippen molar-refractivity contribution >= 4 is 11.7 Å². The van der Waals surface area contributed by atoms with Crippen LogP contribution in [0, 0.1) is 12.8 Å². The highest BCUT2D eigenvalue weighted by molar-refractivity contribution is 5.89. The largest absolute Gasteiger partial charge is 0.478 e. The molecule has 0 saturated carbocycles. The van der Waals surface area contributed by atoms with Crippen LogP contribution < -0.4 is 10.6 Å². The van der Waals surface area contributed by atoms with E-state index in [-0.39, 0.29) is 0 Å². The maximum absolute atomic E-state index is 10.9. The molecule has 1 aromatic carbocycles. The fourth-order valence-corrected chi connectivity index (χ4v) is 2.29. The fraction of sp³-hybridized carbons (Fsp3) is 0.500. The molecular formula is C14H20N2O2. The second kappa shape index (κ2) is 5.87. The van der Waals surface area contributed by atoms with Crippen LogP contribution in [0.1, 0.15) is 28.8 Å². The topological polar surface area (TPSA) is 61.4 Å². The summed E-state index contributed by atoms with van der Waals surface area (Å²) < 4.78 is 0. The van der Waals surface area contributed by atoms with Crippen molar-refractivity contribution in [2.24, 2.45) is 5.92 Å². The monoisotopic (exact) mass is 248 g/mol. The molecule has 1 fully saturated rings. The van der Waals surface area contributed by atoms with E-state index in [0.717, 1.165) is 30.9 Å². The molecule has 1 aliphatic rings. The number of nitrogens with one attached hydrogen (secondary N) is 2. The first-order chi connectivity index (χ1) is 8.66. The van der Waals surface area contributed by atoms with E-state index in [9.17, 15) is 4.79 Å². The first kappa shape index (κ1) is 12.9. The van der Waals surface area contributed by atoms with Gasteiger partial charge in [-0.3, -0.25) is 0 Å². The molecule has 1 heterocycles. The van der Waals surface area contributed by atoms with Gasteiger partial charge in [-0.25, -0.2) is 4.79 Å². The van der Waals surface area contributed by atoms with Gasteiger partial charge in [0.15, 0.2) is 0 Å². The molecular weight excluding hydrogens is 228 g/mol. The Balaban J connectivity index is 1.99. The third kappa shape index (κ3) is 3.23. The van der Waals surface area contributed by atoms with Gasteiger partial charge >= 0.3 is 5.97 Å². The Kier molecular flexibility index (Phi) is 4.20. The number of carboxylic acid groups (broad SMARTS) is 1. The van der Waals surface area contributed by atoms with E-state index in [0.29, 0.717) is 11.5 Å². The van der Waals surface area contributed by atoms with Crippen molar-refractivity contribution in [2.45, 2.75) is 19.8 Å². The molecule has 0 atom stereocenters. The first-order valence-corrected chi connectivity index (χ1v) is 6.45. The van der Waals surface area contributed by atoms with E-state index in [1.807, 2.05) is 13.0 Å². The van der Waals surface area contributed by atoms with E-state index in [1.54, 1.807) is 12.1 Å². The molecule has 4 nitrogen and oxygen atoms in total. The van der Waals surface area contributed by atoms with Crippen LogP contribution in [0.25, 0.3) is 0 Å². The molecule has 0 radical (unpaired) electrons. The third-order valence-electron chi connectivity index (χ3n) is 3.52. The van der Waals surface area contributed by atoms with Gasteiger partial charge in [-0.15, -0.1) is 0 Å². The van der Waals surface area contributed by atoms with Crippen molar-refractivity contribution in [3.05, 3.63) is 29.3 Å². The average molecular weight is 248 g/mol. The second-order valence-corrected chi connectivity index (χ2v) is 4.91. The summed E-state index contributed by atoms with van der Waals surface area (Å²) in [6.07, 6.45) is 2.37. The smallest absolute Gasteiger partial charge is 0.335 e. The molecule has 18 heavy (non-hydrogen) atoms. The van der Waals surface area contributed by atoms with Gasteiger partial charge in [-0.2, -0.15) is 0 Å². The van der Waals surface area contributed by atoms with E-state index >= 15 is 0 Å². The summed E-state index contributed by atoms with van der Waals surface area (Å²) in [7, 11) is 0. The molecule has 0 aliphatic carbocycles. The standard InChI is InChI=1S/C14H20N2O2/c1-10-2-3-12(14(17)18)8-13(10)16-9-11-4-6-15-7-5-11/h2-3,8,11,15-16H,4-7,9H2,1H3,(H,17,18). The highest BCUT2D eigenvalue weighted by Crippen LogP contribution is 2.19. The average Bonchev–Trinajstić information content (AvgIpc) is 2.38. The van der Waals surface area contributed by atoms with Gasteiger partial charge in [0, 0.05) is 12.2 Å². The highest BCUT2D eigenvalue weighted by atomic mass is 16.4. The van der Waals surface area contributed by atoms with Gasteiger partial charge < -0.3 is 15.7 Å². The summed E-state index contributed by atoms with van der Waals surface area (Å²) in [6.45, 7) is 5.09. The molecule has 3 N–H and O–H groups in total. The number of piperidine rings is 1. The lowest BCUT2D eigenvalue weighted by atomic mass is 9.98. The number of anilines is 1. The summed E-state index contributed by atoms with van der Waals surface area (Å²) in [6, 6.07) is 5.22. The zero-order valence-corrected chi connectivity index (χ0v) is 10.7. The van der Waals surface area contributed by atoms with Crippen molar-refractivity contribution in [3.63, 3.8) is 0 Å². The van der Waals surface area contributed by atoms with Gasteiger partial charge in [-0.1, -0.05) is 6.07 Å². The van der Waals surface area contributed by atoms with E-state index in [1.165, 1.54) is 12.8 Å². The van der Waals surface area contributed by atoms with Crippen molar-refractivity contribution in [3.8, 4) is 0 Å². The molecule has 0 spiro atoms. The lowest BCUT2D eigenvalue weighted by Gasteiger charge is -2.23. The molecule has 0 amide bonds. The molecule has 4 heteroatoms. The van der Waals surface area contributed by atoms with Crippen LogP contribution in [0.3, 0.4) is 0 Å². The van der Waals surface area contributed by atoms with Gasteiger partial charge in [0.25, 0.3) is 0 Å². The minimum absolute atomic E-state index is 0.341. The SMILES string of the molecule is Cc1ccc(C(=O)O)cc1NCC1CCNCC1. The summed E-state index contributed by atoms with van der Waals surface area (Å²) in [5.74, 6) is -0.195. The number of hydrogen-bond acceptors (Lipinski definition) is 3. The van der Waals surface area contributed by atoms with Gasteiger partial charge in [0.1, 0.15) is 0 Å². The lowest BCUT2D eigenvalue weighted by Crippen LogP contribution is -2.31. The number of carbonyl (C=O) groups is 1. The summed E-state index contributed by atoms with van der Waals surface area (Å²) in [4.78, 5) is 10.9. The van der Waals surface area contributed by atoms with Crippen LogP contribution in [0.15, 0.2) is 18.2 Å². The molecule has 1 aliphatic heterocycles. The molecule has 0 aromatic heterocycles. The van der Waals surface area contributed by atoms with Crippen LogP contribution in [-0.2, 0) is 0 Å². The molecule has 98 valence electrons. The van der Waals surface area contributed by atoms with E-state index in [4.69, 9.17) is 5.11 Å². The molecule has 0 bridgehead atoms. The predicted molar refractivity (Wildman–Crippen MR) is 72.2 cm³/mol. The maximum atomic E-state index is 10.9. The minimum Gasteiger partial charge on any atom is -0.478 e. The fourth-order valence-electron chi connectivity index (χ4n) is 2.29. The Bertz CT molecular complexity index is 426. The van der Waals surface area contributed by atoms with E-state index in [2.05, 4.69) is 10.6 Å². The normalized spacial score (nSPS) is 16.5. The predicted octanol–water partition coefficient (Wildman–Crippen LogP) is 2.10. The van der Waals surface area contributed by atoms with Gasteiger partial charge in [-0.05, 0) is 56.5 Å². The van der Waals surface area contributed by atoms with Gasteiger partial charge in [0.2, 0.25) is 0 Å². The first-order valence-electron chi connectivity index (χ1n) is 6.45. The Hall–Kier alpha value is -1.55. The summed E-state index contributed by atoms with van der Waals surface area (Å²) >= 11 is 0. The van der Waals surface area contributed by atoms with Gasteiger partial charge in [0.05, 0.1) is 5.56 Å². The van der Waals surface area contributed by atoms with Crippen molar-refractivity contribution < 1.29 is 9.90 Å². The number of hydrogen-bond donors (Lipinski definition) is 3. The quantitative estimate of drug-likeness (QED) is 0.763. The third-order valence-corrected chi connectivity index (χ3v) is 3.52.